The Morgan fingerprint density at radius 3 is 2.76 bits per heavy atom. The third kappa shape index (κ3) is 3.35. The van der Waals surface area contributed by atoms with Gasteiger partial charge in [-0.15, -0.1) is 0 Å². The standard InChI is InChI=1S/C19H23N5O/c1-13-19(14(2)25-23-13)17-5-3-4-16(22-17)15-6-10-24(11-7-15)12-18-20-8-9-21-18/h3-5,8-9,15H,6-7,10-12H2,1-2H3,(H,20,21). The summed E-state index contributed by atoms with van der Waals surface area (Å²) in [6, 6.07) is 6.29. The van der Waals surface area contributed by atoms with Gasteiger partial charge in [-0.3, -0.25) is 9.88 Å². The molecule has 0 aliphatic carbocycles. The molecule has 1 aliphatic rings. The van der Waals surface area contributed by atoms with Crippen molar-refractivity contribution in [3.63, 3.8) is 0 Å². The highest BCUT2D eigenvalue weighted by molar-refractivity contribution is 5.63. The third-order valence-electron chi connectivity index (χ3n) is 4.99. The second-order valence-electron chi connectivity index (χ2n) is 6.73. The van der Waals surface area contributed by atoms with Gasteiger partial charge in [-0.1, -0.05) is 11.2 Å². The minimum Gasteiger partial charge on any atom is -0.361 e. The first-order valence-electron chi connectivity index (χ1n) is 8.81. The summed E-state index contributed by atoms with van der Waals surface area (Å²) >= 11 is 0. The number of H-pyrrole nitrogens is 1. The zero-order valence-corrected chi connectivity index (χ0v) is 14.7. The second kappa shape index (κ2) is 6.80. The topological polar surface area (TPSA) is 70.8 Å². The minimum absolute atomic E-state index is 0.508. The second-order valence-corrected chi connectivity index (χ2v) is 6.73. The fraction of sp³-hybridized carbons (Fsp3) is 0.421. The average molecular weight is 337 g/mol. The summed E-state index contributed by atoms with van der Waals surface area (Å²) in [6.45, 7) is 6.95. The lowest BCUT2D eigenvalue weighted by atomic mass is 9.92. The molecule has 1 saturated heterocycles. The smallest absolute Gasteiger partial charge is 0.143 e. The van der Waals surface area contributed by atoms with E-state index >= 15 is 0 Å². The van der Waals surface area contributed by atoms with Gasteiger partial charge in [-0.05, 0) is 51.9 Å². The molecule has 4 heterocycles. The number of nitrogens with one attached hydrogen (secondary N) is 1. The number of aromatic nitrogens is 4. The van der Waals surface area contributed by atoms with Crippen LogP contribution in [-0.2, 0) is 6.54 Å². The van der Waals surface area contributed by atoms with E-state index in [0.717, 1.165) is 61.0 Å². The van der Waals surface area contributed by atoms with Crippen LogP contribution in [0.25, 0.3) is 11.3 Å². The number of likely N-dealkylation sites (tertiary alicyclic amines) is 1. The zero-order valence-electron chi connectivity index (χ0n) is 14.7. The Kier molecular flexibility index (Phi) is 4.36. The number of pyridine rings is 1. The highest BCUT2D eigenvalue weighted by atomic mass is 16.5. The quantitative estimate of drug-likeness (QED) is 0.789. The van der Waals surface area contributed by atoms with Crippen LogP contribution in [0.2, 0.25) is 0 Å². The molecule has 0 radical (unpaired) electrons. The largest absolute Gasteiger partial charge is 0.361 e. The SMILES string of the molecule is Cc1noc(C)c1-c1cccc(C2CCN(Cc3ncc[nH]3)CC2)n1. The van der Waals surface area contributed by atoms with E-state index in [1.54, 1.807) is 0 Å². The molecule has 6 heteroatoms. The third-order valence-corrected chi connectivity index (χ3v) is 4.99. The predicted molar refractivity (Wildman–Crippen MR) is 95.0 cm³/mol. The summed E-state index contributed by atoms with van der Waals surface area (Å²) in [6.07, 6.45) is 5.94. The van der Waals surface area contributed by atoms with Gasteiger partial charge in [0.25, 0.3) is 0 Å². The first kappa shape index (κ1) is 16.0. The van der Waals surface area contributed by atoms with Crippen LogP contribution in [0, 0.1) is 13.8 Å². The van der Waals surface area contributed by atoms with Crippen molar-refractivity contribution in [1.82, 2.24) is 25.0 Å². The monoisotopic (exact) mass is 337 g/mol. The Morgan fingerprint density at radius 2 is 2.08 bits per heavy atom. The lowest BCUT2D eigenvalue weighted by Crippen LogP contribution is -2.33. The molecule has 1 fully saturated rings. The summed E-state index contributed by atoms with van der Waals surface area (Å²) in [4.78, 5) is 14.9. The predicted octanol–water partition coefficient (Wildman–Crippen LogP) is 3.46. The molecular formula is C19H23N5O. The van der Waals surface area contributed by atoms with Crippen molar-refractivity contribution in [3.8, 4) is 11.3 Å². The molecule has 6 nitrogen and oxygen atoms in total. The first-order chi connectivity index (χ1) is 12.2. The van der Waals surface area contributed by atoms with Crippen LogP contribution < -0.4 is 0 Å². The molecule has 0 atom stereocenters. The number of nitrogens with zero attached hydrogens (tertiary/aromatic N) is 4. The normalized spacial score (nSPS) is 16.4. The van der Waals surface area contributed by atoms with Crippen molar-refractivity contribution in [3.05, 3.63) is 53.6 Å². The van der Waals surface area contributed by atoms with Gasteiger partial charge in [0.05, 0.1) is 23.5 Å². The summed E-state index contributed by atoms with van der Waals surface area (Å²) in [7, 11) is 0. The summed E-state index contributed by atoms with van der Waals surface area (Å²) < 4.78 is 5.29. The van der Waals surface area contributed by atoms with E-state index in [-0.39, 0.29) is 0 Å². The Labute approximate surface area is 147 Å². The Bertz CT molecular complexity index is 812. The van der Waals surface area contributed by atoms with Gasteiger partial charge >= 0.3 is 0 Å². The zero-order chi connectivity index (χ0) is 17.2. The van der Waals surface area contributed by atoms with E-state index < -0.39 is 0 Å². The molecule has 0 bridgehead atoms. The van der Waals surface area contributed by atoms with Crippen LogP contribution in [0.4, 0.5) is 0 Å². The number of aryl methyl sites for hydroxylation is 2. The van der Waals surface area contributed by atoms with E-state index in [1.807, 2.05) is 32.3 Å². The molecule has 1 N–H and O–H groups in total. The van der Waals surface area contributed by atoms with Crippen LogP contribution in [-0.4, -0.2) is 38.1 Å². The molecule has 25 heavy (non-hydrogen) atoms. The Balaban J connectivity index is 1.46. The van der Waals surface area contributed by atoms with Crippen LogP contribution >= 0.6 is 0 Å². The molecule has 0 saturated carbocycles. The molecule has 4 rings (SSSR count). The fourth-order valence-electron chi connectivity index (χ4n) is 3.65. The van der Waals surface area contributed by atoms with Crippen LogP contribution in [0.15, 0.2) is 35.1 Å². The van der Waals surface area contributed by atoms with Crippen molar-refractivity contribution in [2.24, 2.45) is 0 Å². The van der Waals surface area contributed by atoms with Gasteiger partial charge in [-0.25, -0.2) is 4.98 Å². The van der Waals surface area contributed by atoms with E-state index in [9.17, 15) is 0 Å². The van der Waals surface area contributed by atoms with Crippen molar-refractivity contribution < 1.29 is 4.52 Å². The summed E-state index contributed by atoms with van der Waals surface area (Å²) in [5.74, 6) is 2.38. The van der Waals surface area contributed by atoms with Crippen LogP contribution in [0.3, 0.4) is 0 Å². The highest BCUT2D eigenvalue weighted by Gasteiger charge is 2.23. The number of aromatic amines is 1. The van der Waals surface area contributed by atoms with E-state index in [0.29, 0.717) is 5.92 Å². The minimum atomic E-state index is 0.508. The van der Waals surface area contributed by atoms with E-state index in [2.05, 4.69) is 32.2 Å². The van der Waals surface area contributed by atoms with Crippen LogP contribution in [0.5, 0.6) is 0 Å². The van der Waals surface area contributed by atoms with Crippen molar-refractivity contribution in [2.75, 3.05) is 13.1 Å². The maximum absolute atomic E-state index is 5.29. The van der Waals surface area contributed by atoms with Gasteiger partial charge in [0.2, 0.25) is 0 Å². The van der Waals surface area contributed by atoms with E-state index in [1.165, 1.54) is 5.69 Å². The molecule has 0 aromatic carbocycles. The highest BCUT2D eigenvalue weighted by Crippen LogP contribution is 2.30. The lowest BCUT2D eigenvalue weighted by molar-refractivity contribution is 0.199. The van der Waals surface area contributed by atoms with Gasteiger partial charge in [-0.2, -0.15) is 0 Å². The van der Waals surface area contributed by atoms with Gasteiger partial charge in [0.15, 0.2) is 0 Å². The molecule has 0 unspecified atom stereocenters. The number of piperidine rings is 1. The van der Waals surface area contributed by atoms with Gasteiger partial charge < -0.3 is 9.51 Å². The molecule has 3 aromatic rings. The lowest BCUT2D eigenvalue weighted by Gasteiger charge is -2.31. The summed E-state index contributed by atoms with van der Waals surface area (Å²) in [5.41, 5.74) is 4.06. The van der Waals surface area contributed by atoms with Crippen LogP contribution in [0.1, 0.15) is 41.7 Å². The van der Waals surface area contributed by atoms with Crippen molar-refractivity contribution >= 4 is 0 Å². The van der Waals surface area contributed by atoms with E-state index in [4.69, 9.17) is 9.51 Å². The maximum atomic E-state index is 5.29. The van der Waals surface area contributed by atoms with Crippen molar-refractivity contribution in [1.29, 1.82) is 0 Å². The average Bonchev–Trinajstić information content (AvgIpc) is 3.25. The molecule has 130 valence electrons. The number of hydrogen-bond donors (Lipinski definition) is 1. The molecular weight excluding hydrogens is 314 g/mol. The molecule has 0 spiro atoms. The Morgan fingerprint density at radius 1 is 1.24 bits per heavy atom. The number of rotatable bonds is 4. The van der Waals surface area contributed by atoms with Gasteiger partial charge in [0.1, 0.15) is 11.6 Å². The fourth-order valence-corrected chi connectivity index (χ4v) is 3.65. The maximum Gasteiger partial charge on any atom is 0.143 e. The van der Waals surface area contributed by atoms with Crippen molar-refractivity contribution in [2.45, 2.75) is 39.2 Å². The van der Waals surface area contributed by atoms with Gasteiger partial charge in [0, 0.05) is 24.0 Å². The Hall–Kier alpha value is -2.47. The number of hydrogen-bond acceptors (Lipinski definition) is 5. The first-order valence-corrected chi connectivity index (χ1v) is 8.81. The molecule has 3 aromatic heterocycles. The number of imidazole rings is 1. The molecule has 0 amide bonds. The molecule has 1 aliphatic heterocycles. The summed E-state index contributed by atoms with van der Waals surface area (Å²) in [5, 5.41) is 4.05.